The number of carbonyl (C=O) groups is 2. The molecule has 6 nitrogen and oxygen atoms in total. The lowest BCUT2D eigenvalue weighted by atomic mass is 9.75. The Bertz CT molecular complexity index is 497. The van der Waals surface area contributed by atoms with Gasteiger partial charge in [0.15, 0.2) is 0 Å². The largest absolute Gasteiger partial charge is 0.391 e. The molecule has 17 heavy (non-hydrogen) atoms. The molecule has 0 bridgehead atoms. The number of hydrogen-bond donors (Lipinski definition) is 2. The minimum atomic E-state index is -4.27. The van der Waals surface area contributed by atoms with Gasteiger partial charge in [-0.25, -0.2) is 8.42 Å². The molecule has 96 valence electrons. The van der Waals surface area contributed by atoms with Crippen LogP contribution in [0.4, 0.5) is 0 Å². The van der Waals surface area contributed by atoms with E-state index in [1.165, 1.54) is 6.92 Å². The minimum Gasteiger partial charge on any atom is -0.391 e. The van der Waals surface area contributed by atoms with Crippen LogP contribution in [0.15, 0.2) is 0 Å². The molecule has 2 rings (SSSR count). The molecule has 0 spiro atoms. The molecule has 0 aromatic carbocycles. The molecule has 2 saturated heterocycles. The van der Waals surface area contributed by atoms with E-state index in [9.17, 15) is 23.1 Å². The molecule has 0 aromatic heterocycles. The Morgan fingerprint density at radius 3 is 2.24 bits per heavy atom. The number of hydrogen-bond acceptors (Lipinski definition) is 5. The first-order valence-electron chi connectivity index (χ1n) is 5.46. The van der Waals surface area contributed by atoms with Gasteiger partial charge in [0.1, 0.15) is 0 Å². The third-order valence-corrected chi connectivity index (χ3v) is 6.23. The average Bonchev–Trinajstić information content (AvgIpc) is 2.33. The summed E-state index contributed by atoms with van der Waals surface area (Å²) in [6.07, 6.45) is -1.36. The average molecular weight is 261 g/mol. The molecule has 0 saturated carbocycles. The van der Waals surface area contributed by atoms with Crippen LogP contribution < -0.4 is 5.32 Å². The zero-order valence-electron chi connectivity index (χ0n) is 9.80. The van der Waals surface area contributed by atoms with Gasteiger partial charge in [0.05, 0.1) is 18.1 Å². The highest BCUT2D eigenvalue weighted by atomic mass is 32.2. The van der Waals surface area contributed by atoms with Crippen LogP contribution in [-0.4, -0.2) is 41.4 Å². The van der Waals surface area contributed by atoms with Crippen molar-refractivity contribution in [1.29, 1.82) is 0 Å². The second-order valence-electron chi connectivity index (χ2n) is 5.04. The first-order valence-corrected chi connectivity index (χ1v) is 6.94. The molecular formula is C10H15NO5S. The predicted molar refractivity (Wildman–Crippen MR) is 58.6 cm³/mol. The van der Waals surface area contributed by atoms with Crippen LogP contribution in [0, 0.1) is 11.8 Å². The van der Waals surface area contributed by atoms with Gasteiger partial charge in [0.25, 0.3) is 5.12 Å². The molecule has 2 fully saturated rings. The maximum absolute atomic E-state index is 12.1. The molecule has 0 aromatic rings. The molecular weight excluding hydrogens is 246 g/mol. The zero-order valence-corrected chi connectivity index (χ0v) is 10.6. The molecule has 0 radical (unpaired) electrons. The summed E-state index contributed by atoms with van der Waals surface area (Å²) in [5.41, 5.74) is 0. The van der Waals surface area contributed by atoms with Crippen molar-refractivity contribution < 1.29 is 23.1 Å². The van der Waals surface area contributed by atoms with E-state index in [0.29, 0.717) is 0 Å². The van der Waals surface area contributed by atoms with Gasteiger partial charge in [-0.2, -0.15) is 0 Å². The lowest BCUT2D eigenvalue weighted by Crippen LogP contribution is -2.78. The fraction of sp³-hybridized carbons (Fsp3) is 0.800. The van der Waals surface area contributed by atoms with E-state index in [0.717, 1.165) is 0 Å². The summed E-state index contributed by atoms with van der Waals surface area (Å²) in [4.78, 5) is 23.4. The molecule has 4 atom stereocenters. The van der Waals surface area contributed by atoms with Crippen molar-refractivity contribution in [3.05, 3.63) is 0 Å². The van der Waals surface area contributed by atoms with Gasteiger partial charge in [-0.05, 0) is 5.92 Å². The van der Waals surface area contributed by atoms with Gasteiger partial charge >= 0.3 is 0 Å². The summed E-state index contributed by atoms with van der Waals surface area (Å²) >= 11 is 0. The van der Waals surface area contributed by atoms with Crippen molar-refractivity contribution in [2.24, 2.45) is 11.8 Å². The van der Waals surface area contributed by atoms with Crippen molar-refractivity contribution in [3.8, 4) is 0 Å². The van der Waals surface area contributed by atoms with Crippen LogP contribution in [-0.2, 0) is 19.4 Å². The van der Waals surface area contributed by atoms with Crippen molar-refractivity contribution in [3.63, 3.8) is 0 Å². The first-order chi connectivity index (χ1) is 7.69. The van der Waals surface area contributed by atoms with Gasteiger partial charge in [0.2, 0.25) is 20.5 Å². The smallest absolute Gasteiger partial charge is 0.252 e. The van der Waals surface area contributed by atoms with Gasteiger partial charge in [-0.3, -0.25) is 9.59 Å². The number of β-lactam (4-membered cyclic amide) rings is 1. The maximum atomic E-state index is 12.1. The summed E-state index contributed by atoms with van der Waals surface area (Å²) in [5, 5.41) is 11.5. The standard InChI is InChI=1S/C10H15NO5S/c1-4(2)7(12)10-6(11-9(10)14)5(3)8(13)17(10,15)16/h4-7,12H,1-3H3,(H,11,14)/t5?,6-,7-,10-/m0/s1. The highest BCUT2D eigenvalue weighted by Crippen LogP contribution is 2.47. The summed E-state index contributed by atoms with van der Waals surface area (Å²) in [7, 11) is -4.27. The van der Waals surface area contributed by atoms with Gasteiger partial charge in [-0.15, -0.1) is 0 Å². The molecule has 2 heterocycles. The second kappa shape index (κ2) is 3.29. The number of aliphatic hydroxyl groups excluding tert-OH is 1. The Morgan fingerprint density at radius 2 is 1.88 bits per heavy atom. The molecule has 0 aliphatic carbocycles. The number of nitrogens with one attached hydrogen (secondary N) is 1. The van der Waals surface area contributed by atoms with Crippen molar-refractivity contribution >= 4 is 20.9 Å². The quantitative estimate of drug-likeness (QED) is 0.610. The summed E-state index contributed by atoms with van der Waals surface area (Å²) in [6, 6.07) is -0.801. The summed E-state index contributed by atoms with van der Waals surface area (Å²) < 4.78 is 22.2. The Hall–Kier alpha value is -0.950. The predicted octanol–water partition coefficient (Wildman–Crippen LogP) is -1.17. The van der Waals surface area contributed by atoms with Crippen LogP contribution >= 0.6 is 0 Å². The number of carbonyl (C=O) groups excluding carboxylic acids is 2. The zero-order chi connectivity index (χ0) is 13.2. The Morgan fingerprint density at radius 1 is 1.35 bits per heavy atom. The normalized spacial score (nSPS) is 40.8. The molecule has 2 aliphatic heterocycles. The van der Waals surface area contributed by atoms with Crippen LogP contribution in [0.5, 0.6) is 0 Å². The van der Waals surface area contributed by atoms with Crippen LogP contribution in [0.3, 0.4) is 0 Å². The van der Waals surface area contributed by atoms with E-state index in [2.05, 4.69) is 5.32 Å². The van der Waals surface area contributed by atoms with E-state index in [1.807, 2.05) is 0 Å². The number of rotatable bonds is 2. The summed E-state index contributed by atoms with van der Waals surface area (Å²) in [5.74, 6) is -1.98. The van der Waals surface area contributed by atoms with E-state index in [1.54, 1.807) is 13.8 Å². The molecule has 1 amide bonds. The number of fused-ring (bicyclic) bond motifs is 1. The van der Waals surface area contributed by atoms with Crippen molar-refractivity contribution in [1.82, 2.24) is 5.32 Å². The summed E-state index contributed by atoms with van der Waals surface area (Å²) in [6.45, 7) is 4.69. The third kappa shape index (κ3) is 1.11. The maximum Gasteiger partial charge on any atom is 0.252 e. The van der Waals surface area contributed by atoms with E-state index < -0.39 is 49.6 Å². The molecule has 2 aliphatic rings. The third-order valence-electron chi connectivity index (χ3n) is 3.76. The first kappa shape index (κ1) is 12.5. The van der Waals surface area contributed by atoms with Crippen molar-refractivity contribution in [2.75, 3.05) is 0 Å². The fourth-order valence-corrected chi connectivity index (χ4v) is 5.18. The lowest BCUT2D eigenvalue weighted by molar-refractivity contribution is -0.140. The Balaban J connectivity index is 2.64. The molecule has 1 unspecified atom stereocenters. The number of aliphatic hydroxyl groups is 1. The highest BCUT2D eigenvalue weighted by molar-refractivity contribution is 8.08. The topological polar surface area (TPSA) is 101 Å². The highest BCUT2D eigenvalue weighted by Gasteiger charge is 2.77. The molecule has 7 heteroatoms. The number of amides is 1. The fourth-order valence-electron chi connectivity index (χ4n) is 2.73. The number of sulfone groups is 1. The van der Waals surface area contributed by atoms with E-state index >= 15 is 0 Å². The van der Waals surface area contributed by atoms with Gasteiger partial charge in [-0.1, -0.05) is 20.8 Å². The SMILES string of the molecule is CC(C)[C@H](O)[C@]12C(=O)N[C@H]1C(C)C(=O)S2(=O)=O. The Labute approximate surface area is 99.3 Å². The van der Waals surface area contributed by atoms with Gasteiger partial charge in [0, 0.05) is 0 Å². The second-order valence-corrected chi connectivity index (χ2v) is 7.13. The van der Waals surface area contributed by atoms with Gasteiger partial charge < -0.3 is 10.4 Å². The van der Waals surface area contributed by atoms with Crippen molar-refractivity contribution in [2.45, 2.75) is 37.7 Å². The van der Waals surface area contributed by atoms with Crippen LogP contribution in [0.25, 0.3) is 0 Å². The van der Waals surface area contributed by atoms with Crippen LogP contribution in [0.1, 0.15) is 20.8 Å². The molecule has 2 N–H and O–H groups in total. The monoisotopic (exact) mass is 261 g/mol. The lowest BCUT2D eigenvalue weighted by Gasteiger charge is -2.46. The van der Waals surface area contributed by atoms with Crippen LogP contribution in [0.2, 0.25) is 0 Å². The van der Waals surface area contributed by atoms with E-state index in [4.69, 9.17) is 0 Å². The Kier molecular flexibility index (Phi) is 2.42. The minimum absolute atomic E-state index is 0.420. The van der Waals surface area contributed by atoms with E-state index in [-0.39, 0.29) is 0 Å².